The maximum absolute atomic E-state index is 12.7. The van der Waals surface area contributed by atoms with Gasteiger partial charge in [0.15, 0.2) is 17.5 Å². The minimum absolute atomic E-state index is 0.101. The topological polar surface area (TPSA) is 102 Å². The van der Waals surface area contributed by atoms with Crippen molar-refractivity contribution in [2.24, 2.45) is 0 Å². The Bertz CT molecular complexity index is 1350. The fourth-order valence-electron chi connectivity index (χ4n) is 3.26. The molecule has 3 N–H and O–H groups in total. The Morgan fingerprint density at radius 3 is 2.49 bits per heavy atom. The van der Waals surface area contributed by atoms with E-state index in [9.17, 15) is 9.59 Å². The summed E-state index contributed by atoms with van der Waals surface area (Å²) in [6, 6.07) is 21.4. The highest BCUT2D eigenvalue weighted by Crippen LogP contribution is 2.29. The first-order valence-electron chi connectivity index (χ1n) is 10.7. The number of rotatable bonds is 7. The highest BCUT2D eigenvalue weighted by atomic mass is 32.1. The summed E-state index contributed by atoms with van der Waals surface area (Å²) in [6.45, 7) is 1.79. The minimum atomic E-state index is -0.406. The third-order valence-electron chi connectivity index (χ3n) is 5.00. The molecular formula is C26H23N3O5S. The number of thiocarbonyl (C=S) groups is 1. The van der Waals surface area contributed by atoms with Gasteiger partial charge in [0.05, 0.1) is 12.8 Å². The van der Waals surface area contributed by atoms with E-state index in [1.807, 2.05) is 37.3 Å². The molecule has 9 heteroatoms. The molecule has 1 heterocycles. The monoisotopic (exact) mass is 489 g/mol. The van der Waals surface area contributed by atoms with E-state index in [1.54, 1.807) is 42.5 Å². The lowest BCUT2D eigenvalue weighted by atomic mass is 10.2. The number of fused-ring (bicyclic) bond motifs is 1. The molecule has 0 spiro atoms. The molecule has 2 amide bonds. The van der Waals surface area contributed by atoms with E-state index in [-0.39, 0.29) is 17.5 Å². The maximum Gasteiger partial charge on any atom is 0.291 e. The van der Waals surface area contributed by atoms with Gasteiger partial charge in [0.25, 0.3) is 11.8 Å². The Kier molecular flexibility index (Phi) is 7.27. The largest absolute Gasteiger partial charge is 0.494 e. The van der Waals surface area contributed by atoms with Gasteiger partial charge in [-0.05, 0) is 55.5 Å². The molecule has 178 valence electrons. The Balaban J connectivity index is 1.33. The molecule has 0 radical (unpaired) electrons. The van der Waals surface area contributed by atoms with Gasteiger partial charge in [-0.1, -0.05) is 35.9 Å². The lowest BCUT2D eigenvalue weighted by Gasteiger charge is -2.14. The molecule has 0 unspecified atom stereocenters. The predicted molar refractivity (Wildman–Crippen MR) is 138 cm³/mol. The van der Waals surface area contributed by atoms with Crippen LogP contribution in [0.3, 0.4) is 0 Å². The molecule has 0 aliphatic rings. The van der Waals surface area contributed by atoms with Crippen LogP contribution in [0.25, 0.3) is 11.0 Å². The molecule has 0 bridgehead atoms. The first-order valence-corrected chi connectivity index (χ1v) is 11.1. The summed E-state index contributed by atoms with van der Waals surface area (Å²) in [6.07, 6.45) is 0. The summed E-state index contributed by atoms with van der Waals surface area (Å²) in [5.74, 6) is 0.375. The van der Waals surface area contributed by atoms with Gasteiger partial charge in [0.1, 0.15) is 17.1 Å². The normalized spacial score (nSPS) is 10.5. The number of hydrogen-bond acceptors (Lipinski definition) is 6. The molecule has 8 nitrogen and oxygen atoms in total. The summed E-state index contributed by atoms with van der Waals surface area (Å²) in [4.78, 5) is 24.8. The van der Waals surface area contributed by atoms with E-state index >= 15 is 0 Å². The zero-order valence-electron chi connectivity index (χ0n) is 19.1. The molecule has 35 heavy (non-hydrogen) atoms. The first kappa shape index (κ1) is 23.8. The van der Waals surface area contributed by atoms with Crippen molar-refractivity contribution in [1.29, 1.82) is 0 Å². The average molecular weight is 490 g/mol. The molecule has 1 aromatic heterocycles. The number of furan rings is 1. The number of hydrogen-bond donors (Lipinski definition) is 3. The van der Waals surface area contributed by atoms with Crippen LogP contribution in [-0.4, -0.2) is 30.6 Å². The lowest BCUT2D eigenvalue weighted by molar-refractivity contribution is -0.121. The molecule has 0 saturated carbocycles. The first-order chi connectivity index (χ1) is 16.9. The van der Waals surface area contributed by atoms with E-state index in [1.165, 1.54) is 7.11 Å². The Labute approximate surface area is 207 Å². The molecule has 0 saturated heterocycles. The average Bonchev–Trinajstić information content (AvgIpc) is 3.29. The number of carbonyl (C=O) groups is 2. The zero-order valence-corrected chi connectivity index (χ0v) is 19.9. The maximum atomic E-state index is 12.7. The Hall–Kier alpha value is -4.37. The molecule has 3 aromatic carbocycles. The third-order valence-corrected chi connectivity index (χ3v) is 5.20. The van der Waals surface area contributed by atoms with Gasteiger partial charge in [-0.15, -0.1) is 0 Å². The molecule has 4 aromatic rings. The van der Waals surface area contributed by atoms with Crippen molar-refractivity contribution < 1.29 is 23.5 Å². The summed E-state index contributed by atoms with van der Waals surface area (Å²) in [7, 11) is 1.48. The van der Waals surface area contributed by atoms with E-state index < -0.39 is 11.8 Å². The molecule has 0 aliphatic heterocycles. The number of amides is 2. The number of nitrogens with one attached hydrogen (secondary N) is 3. The van der Waals surface area contributed by atoms with Crippen LogP contribution in [-0.2, 0) is 4.79 Å². The van der Waals surface area contributed by atoms with Crippen molar-refractivity contribution in [2.75, 3.05) is 24.4 Å². The second-order valence-corrected chi connectivity index (χ2v) is 8.03. The Morgan fingerprint density at radius 2 is 1.74 bits per heavy atom. The van der Waals surface area contributed by atoms with Gasteiger partial charge in [-0.2, -0.15) is 0 Å². The lowest BCUT2D eigenvalue weighted by Crippen LogP contribution is -2.37. The van der Waals surface area contributed by atoms with Crippen molar-refractivity contribution in [1.82, 2.24) is 5.32 Å². The van der Waals surface area contributed by atoms with Crippen LogP contribution in [0.15, 0.2) is 77.2 Å². The second kappa shape index (κ2) is 10.7. The summed E-state index contributed by atoms with van der Waals surface area (Å²) >= 11 is 5.22. The predicted octanol–water partition coefficient (Wildman–Crippen LogP) is 4.89. The van der Waals surface area contributed by atoms with Crippen LogP contribution in [0, 0.1) is 6.92 Å². The zero-order chi connectivity index (χ0) is 24.8. The number of methoxy groups -OCH3 is 1. The molecular weight excluding hydrogens is 466 g/mol. The van der Waals surface area contributed by atoms with Gasteiger partial charge < -0.3 is 24.5 Å². The molecule has 0 fully saturated rings. The molecule has 0 atom stereocenters. The van der Waals surface area contributed by atoms with E-state index in [0.29, 0.717) is 28.5 Å². The van der Waals surface area contributed by atoms with E-state index in [0.717, 1.165) is 10.9 Å². The number of para-hydroxylation sites is 1. The van der Waals surface area contributed by atoms with Crippen LogP contribution in [0.4, 0.5) is 11.4 Å². The minimum Gasteiger partial charge on any atom is -0.494 e. The van der Waals surface area contributed by atoms with Gasteiger partial charge in [-0.25, -0.2) is 0 Å². The third kappa shape index (κ3) is 6.15. The summed E-state index contributed by atoms with van der Waals surface area (Å²) in [5.41, 5.74) is 2.74. The SMILES string of the molecule is COc1cc(NC(=S)NC(=O)COc2ccc(C)cc2)ccc1NC(=O)c1cc2ccccc2o1. The highest BCUT2D eigenvalue weighted by Gasteiger charge is 2.15. The van der Waals surface area contributed by atoms with Crippen molar-refractivity contribution in [3.8, 4) is 11.5 Å². The highest BCUT2D eigenvalue weighted by molar-refractivity contribution is 7.80. The van der Waals surface area contributed by atoms with Gasteiger partial charge in [0.2, 0.25) is 0 Å². The Morgan fingerprint density at radius 1 is 0.971 bits per heavy atom. The number of ether oxygens (including phenoxy) is 2. The number of benzene rings is 3. The van der Waals surface area contributed by atoms with Gasteiger partial charge >= 0.3 is 0 Å². The summed E-state index contributed by atoms with van der Waals surface area (Å²) < 4.78 is 16.5. The van der Waals surface area contributed by atoms with E-state index in [4.69, 9.17) is 26.1 Å². The van der Waals surface area contributed by atoms with Crippen LogP contribution in [0.2, 0.25) is 0 Å². The van der Waals surface area contributed by atoms with Crippen LogP contribution >= 0.6 is 12.2 Å². The van der Waals surface area contributed by atoms with Crippen LogP contribution < -0.4 is 25.4 Å². The van der Waals surface area contributed by atoms with Crippen molar-refractivity contribution in [3.05, 3.63) is 84.1 Å². The van der Waals surface area contributed by atoms with Crippen LogP contribution in [0.1, 0.15) is 16.1 Å². The summed E-state index contributed by atoms with van der Waals surface area (Å²) in [5, 5.41) is 9.20. The van der Waals surface area contributed by atoms with E-state index in [2.05, 4.69) is 16.0 Å². The van der Waals surface area contributed by atoms with Crippen molar-refractivity contribution in [2.45, 2.75) is 6.92 Å². The smallest absolute Gasteiger partial charge is 0.291 e. The van der Waals surface area contributed by atoms with Gasteiger partial charge in [0, 0.05) is 17.1 Å². The standard InChI is InChI=1S/C26H23N3O5S/c1-16-7-10-19(11-8-16)33-15-24(30)29-26(35)27-18-9-12-20(22(14-18)32-2)28-25(31)23-13-17-5-3-4-6-21(17)34-23/h3-14H,15H2,1-2H3,(H,28,31)(H2,27,29,30,35). The fourth-order valence-corrected chi connectivity index (χ4v) is 3.49. The molecule has 4 rings (SSSR count). The number of carbonyl (C=O) groups excluding carboxylic acids is 2. The quantitative estimate of drug-likeness (QED) is 0.318. The number of anilines is 2. The van der Waals surface area contributed by atoms with Crippen molar-refractivity contribution >= 4 is 51.5 Å². The fraction of sp³-hybridized carbons (Fsp3) is 0.115. The van der Waals surface area contributed by atoms with Crippen LogP contribution in [0.5, 0.6) is 11.5 Å². The van der Waals surface area contributed by atoms with Gasteiger partial charge in [-0.3, -0.25) is 14.9 Å². The second-order valence-electron chi connectivity index (χ2n) is 7.62. The van der Waals surface area contributed by atoms with Crippen molar-refractivity contribution in [3.63, 3.8) is 0 Å². The molecule has 0 aliphatic carbocycles. The number of aryl methyl sites for hydroxylation is 1.